The van der Waals surface area contributed by atoms with E-state index >= 15 is 0 Å². The summed E-state index contributed by atoms with van der Waals surface area (Å²) in [7, 11) is 3.44. The van der Waals surface area contributed by atoms with Gasteiger partial charge in [-0.1, -0.05) is 6.07 Å². The Morgan fingerprint density at radius 3 is 2.53 bits per heavy atom. The molecule has 0 aliphatic rings. The van der Waals surface area contributed by atoms with Crippen molar-refractivity contribution in [1.29, 1.82) is 0 Å². The number of fused-ring (bicyclic) bond motifs is 1. The molecule has 17 heavy (non-hydrogen) atoms. The Morgan fingerprint density at radius 2 is 1.88 bits per heavy atom. The van der Waals surface area contributed by atoms with E-state index in [0.29, 0.717) is 6.42 Å². The van der Waals surface area contributed by atoms with Crippen LogP contribution in [0.25, 0.3) is 11.0 Å². The second-order valence-corrected chi connectivity index (χ2v) is 4.12. The van der Waals surface area contributed by atoms with Gasteiger partial charge in [0.2, 0.25) is 0 Å². The molecular formula is C12H14N2O3. The van der Waals surface area contributed by atoms with Crippen molar-refractivity contribution in [3.63, 3.8) is 0 Å². The summed E-state index contributed by atoms with van der Waals surface area (Å²) >= 11 is 0. The number of hydrogen-bond donors (Lipinski definition) is 1. The van der Waals surface area contributed by atoms with Gasteiger partial charge < -0.3 is 5.11 Å². The molecule has 1 aromatic carbocycles. The largest absolute Gasteiger partial charge is 0.481 e. The van der Waals surface area contributed by atoms with E-state index in [9.17, 15) is 9.59 Å². The molecule has 0 saturated heterocycles. The summed E-state index contributed by atoms with van der Waals surface area (Å²) in [4.78, 5) is 22.2. The van der Waals surface area contributed by atoms with Gasteiger partial charge in [-0.2, -0.15) is 0 Å². The highest BCUT2D eigenvalue weighted by molar-refractivity contribution is 5.77. The van der Waals surface area contributed by atoms with E-state index in [1.807, 2.05) is 18.2 Å². The first-order chi connectivity index (χ1) is 8.00. The van der Waals surface area contributed by atoms with Crippen molar-refractivity contribution in [2.75, 3.05) is 0 Å². The van der Waals surface area contributed by atoms with Crippen molar-refractivity contribution in [2.45, 2.75) is 12.8 Å². The first-order valence-electron chi connectivity index (χ1n) is 5.37. The second-order valence-electron chi connectivity index (χ2n) is 4.12. The van der Waals surface area contributed by atoms with Crippen molar-refractivity contribution >= 4 is 17.0 Å². The Balaban J connectivity index is 2.47. The molecule has 0 bridgehead atoms. The molecule has 0 saturated carbocycles. The molecule has 1 aromatic heterocycles. The maximum absolute atomic E-state index is 11.7. The third-order valence-electron chi connectivity index (χ3n) is 2.96. The van der Waals surface area contributed by atoms with Gasteiger partial charge in [0.15, 0.2) is 0 Å². The number of rotatable bonds is 3. The zero-order valence-corrected chi connectivity index (χ0v) is 9.80. The summed E-state index contributed by atoms with van der Waals surface area (Å²) in [6.45, 7) is 0. The first kappa shape index (κ1) is 11.4. The Morgan fingerprint density at radius 1 is 1.24 bits per heavy atom. The zero-order valence-electron chi connectivity index (χ0n) is 9.80. The van der Waals surface area contributed by atoms with Crippen LogP contribution in [-0.4, -0.2) is 20.2 Å². The lowest BCUT2D eigenvalue weighted by molar-refractivity contribution is -0.136. The topological polar surface area (TPSA) is 64.2 Å². The highest BCUT2D eigenvalue weighted by atomic mass is 16.4. The van der Waals surface area contributed by atoms with Crippen LogP contribution in [0.2, 0.25) is 0 Å². The van der Waals surface area contributed by atoms with E-state index in [1.165, 1.54) is 0 Å². The Bertz CT molecular complexity index is 637. The SMILES string of the molecule is Cn1c(=O)n(C)c2cc(CCC(=O)O)ccc21. The summed E-state index contributed by atoms with van der Waals surface area (Å²) in [5.41, 5.74) is 2.55. The molecule has 5 nitrogen and oxygen atoms in total. The second kappa shape index (κ2) is 4.08. The summed E-state index contributed by atoms with van der Waals surface area (Å²) in [5.74, 6) is -0.813. The molecule has 0 radical (unpaired) electrons. The monoisotopic (exact) mass is 234 g/mol. The van der Waals surface area contributed by atoms with Gasteiger partial charge in [-0.05, 0) is 24.1 Å². The predicted octanol–water partition coefficient (Wildman–Crippen LogP) is 0.894. The molecule has 0 unspecified atom stereocenters. The van der Waals surface area contributed by atoms with Crippen molar-refractivity contribution in [3.8, 4) is 0 Å². The van der Waals surface area contributed by atoms with E-state index in [4.69, 9.17) is 5.11 Å². The third kappa shape index (κ3) is 1.95. The summed E-state index contributed by atoms with van der Waals surface area (Å²) in [6, 6.07) is 5.60. The van der Waals surface area contributed by atoms with Crippen molar-refractivity contribution in [3.05, 3.63) is 34.2 Å². The van der Waals surface area contributed by atoms with Crippen LogP contribution in [0.5, 0.6) is 0 Å². The lowest BCUT2D eigenvalue weighted by atomic mass is 10.1. The highest BCUT2D eigenvalue weighted by Gasteiger charge is 2.08. The van der Waals surface area contributed by atoms with Gasteiger partial charge in [0.05, 0.1) is 11.0 Å². The quantitative estimate of drug-likeness (QED) is 0.858. The molecule has 90 valence electrons. The Hall–Kier alpha value is -2.04. The Labute approximate surface area is 97.9 Å². The fourth-order valence-electron chi connectivity index (χ4n) is 1.96. The Kier molecular flexibility index (Phi) is 2.75. The maximum atomic E-state index is 11.7. The summed E-state index contributed by atoms with van der Waals surface area (Å²) < 4.78 is 3.15. The first-order valence-corrected chi connectivity index (χ1v) is 5.37. The fraction of sp³-hybridized carbons (Fsp3) is 0.333. The van der Waals surface area contributed by atoms with Gasteiger partial charge in [0.1, 0.15) is 0 Å². The minimum atomic E-state index is -0.813. The fourth-order valence-corrected chi connectivity index (χ4v) is 1.96. The van der Waals surface area contributed by atoms with Gasteiger partial charge >= 0.3 is 11.7 Å². The van der Waals surface area contributed by atoms with E-state index < -0.39 is 5.97 Å². The number of nitrogens with zero attached hydrogens (tertiary/aromatic N) is 2. The van der Waals surface area contributed by atoms with Crippen molar-refractivity contribution in [2.24, 2.45) is 14.1 Å². The van der Waals surface area contributed by atoms with E-state index in [-0.39, 0.29) is 12.1 Å². The number of imidazole rings is 1. The van der Waals surface area contributed by atoms with Crippen LogP contribution < -0.4 is 5.69 Å². The number of carboxylic acid groups (broad SMARTS) is 1. The normalized spacial score (nSPS) is 10.9. The van der Waals surface area contributed by atoms with Crippen LogP contribution in [0, 0.1) is 0 Å². The zero-order chi connectivity index (χ0) is 12.6. The van der Waals surface area contributed by atoms with Crippen molar-refractivity contribution < 1.29 is 9.90 Å². The number of carbonyl (C=O) groups is 1. The van der Waals surface area contributed by atoms with Crippen molar-refractivity contribution in [1.82, 2.24) is 9.13 Å². The molecule has 2 aromatic rings. The van der Waals surface area contributed by atoms with Crippen LogP contribution >= 0.6 is 0 Å². The number of aromatic nitrogens is 2. The number of aliphatic carboxylic acids is 1. The van der Waals surface area contributed by atoms with Crippen LogP contribution in [0.15, 0.2) is 23.0 Å². The number of aryl methyl sites for hydroxylation is 3. The standard InChI is InChI=1S/C12H14N2O3/c1-13-9-5-3-8(4-6-11(15)16)7-10(9)14(2)12(13)17/h3,5,7H,4,6H2,1-2H3,(H,15,16). The third-order valence-corrected chi connectivity index (χ3v) is 2.96. The molecule has 0 aliphatic carbocycles. The lowest BCUT2D eigenvalue weighted by Crippen LogP contribution is -2.19. The predicted molar refractivity (Wildman–Crippen MR) is 64.1 cm³/mol. The molecule has 0 spiro atoms. The van der Waals surface area contributed by atoms with Crippen LogP contribution in [0.1, 0.15) is 12.0 Å². The molecule has 1 N–H and O–H groups in total. The number of benzene rings is 1. The smallest absolute Gasteiger partial charge is 0.328 e. The summed E-state index contributed by atoms with van der Waals surface area (Å²) in [5, 5.41) is 8.63. The molecular weight excluding hydrogens is 220 g/mol. The molecule has 0 atom stereocenters. The molecule has 2 rings (SSSR count). The molecule has 0 amide bonds. The van der Waals surface area contributed by atoms with Gasteiger partial charge in [-0.25, -0.2) is 4.79 Å². The van der Waals surface area contributed by atoms with E-state index in [1.54, 1.807) is 23.2 Å². The average molecular weight is 234 g/mol. The molecule has 0 aliphatic heterocycles. The van der Waals surface area contributed by atoms with Crippen LogP contribution in [-0.2, 0) is 25.3 Å². The molecule has 1 heterocycles. The number of carboxylic acids is 1. The van der Waals surface area contributed by atoms with Crippen LogP contribution in [0.4, 0.5) is 0 Å². The van der Waals surface area contributed by atoms with E-state index in [0.717, 1.165) is 16.6 Å². The minimum absolute atomic E-state index is 0.0737. The van der Waals surface area contributed by atoms with Gasteiger partial charge in [0.25, 0.3) is 0 Å². The molecule has 5 heteroatoms. The maximum Gasteiger partial charge on any atom is 0.328 e. The molecule has 0 fully saturated rings. The average Bonchev–Trinajstić information content (AvgIpc) is 2.52. The number of hydrogen-bond acceptors (Lipinski definition) is 2. The van der Waals surface area contributed by atoms with Gasteiger partial charge in [-0.3, -0.25) is 13.9 Å². The van der Waals surface area contributed by atoms with Gasteiger partial charge in [0, 0.05) is 20.5 Å². The highest BCUT2D eigenvalue weighted by Crippen LogP contribution is 2.15. The summed E-state index contributed by atoms with van der Waals surface area (Å²) in [6.07, 6.45) is 0.584. The minimum Gasteiger partial charge on any atom is -0.481 e. The van der Waals surface area contributed by atoms with Crippen LogP contribution in [0.3, 0.4) is 0 Å². The van der Waals surface area contributed by atoms with E-state index in [2.05, 4.69) is 0 Å². The lowest BCUT2D eigenvalue weighted by Gasteiger charge is -2.00. The van der Waals surface area contributed by atoms with Gasteiger partial charge in [-0.15, -0.1) is 0 Å².